The Morgan fingerprint density at radius 3 is 2.95 bits per heavy atom. The van der Waals surface area contributed by atoms with Crippen LogP contribution in [0.25, 0.3) is 0 Å². The number of amides is 1. The van der Waals surface area contributed by atoms with E-state index in [0.29, 0.717) is 25.0 Å². The van der Waals surface area contributed by atoms with Crippen molar-refractivity contribution in [2.45, 2.75) is 51.5 Å². The summed E-state index contributed by atoms with van der Waals surface area (Å²) in [6, 6.07) is 8.59. The molecule has 0 saturated carbocycles. The summed E-state index contributed by atoms with van der Waals surface area (Å²) >= 11 is 0. The van der Waals surface area contributed by atoms with Crippen LogP contribution in [0.15, 0.2) is 24.3 Å². The van der Waals surface area contributed by atoms with Gasteiger partial charge in [0.15, 0.2) is 0 Å². The van der Waals surface area contributed by atoms with Gasteiger partial charge in [0.1, 0.15) is 0 Å². The van der Waals surface area contributed by atoms with Crippen LogP contribution in [0.1, 0.15) is 51.0 Å². The van der Waals surface area contributed by atoms with Gasteiger partial charge in [-0.3, -0.25) is 9.69 Å². The maximum atomic E-state index is 12.3. The Kier molecular flexibility index (Phi) is 6.40. The number of nitrogens with two attached hydrogens (primary N) is 1. The van der Waals surface area contributed by atoms with Gasteiger partial charge < -0.3 is 11.1 Å². The highest BCUT2D eigenvalue weighted by Crippen LogP contribution is 2.20. The maximum absolute atomic E-state index is 12.3. The molecule has 1 fully saturated rings. The van der Waals surface area contributed by atoms with Gasteiger partial charge in [-0.05, 0) is 56.0 Å². The lowest BCUT2D eigenvalue weighted by Gasteiger charge is -2.35. The Labute approximate surface area is 134 Å². The number of nitrogens with zero attached hydrogens (tertiary/aromatic N) is 1. The predicted octanol–water partition coefficient (Wildman–Crippen LogP) is 2.95. The van der Waals surface area contributed by atoms with Crippen molar-refractivity contribution in [2.24, 2.45) is 5.73 Å². The zero-order chi connectivity index (χ0) is 15.9. The first-order chi connectivity index (χ1) is 10.6. The fourth-order valence-electron chi connectivity index (χ4n) is 3.15. The van der Waals surface area contributed by atoms with E-state index in [1.807, 2.05) is 12.1 Å². The van der Waals surface area contributed by atoms with Crippen molar-refractivity contribution >= 4 is 11.6 Å². The standard InChI is InChI=1S/C18H29N3O/c1-14(2)15-6-5-7-16(12-15)20-18(22)13-21-11-4-3-8-17(21)9-10-19/h5-7,12,14,17H,3-4,8-11,13,19H2,1-2H3,(H,20,22). The normalized spacial score (nSPS) is 19.4. The Bertz CT molecular complexity index is 485. The summed E-state index contributed by atoms with van der Waals surface area (Å²) in [6.45, 7) is 6.48. The van der Waals surface area contributed by atoms with E-state index in [4.69, 9.17) is 5.73 Å². The minimum Gasteiger partial charge on any atom is -0.330 e. The van der Waals surface area contributed by atoms with Crippen LogP contribution in [0.3, 0.4) is 0 Å². The van der Waals surface area contributed by atoms with Crippen LogP contribution in [-0.2, 0) is 4.79 Å². The molecule has 0 bridgehead atoms. The highest BCUT2D eigenvalue weighted by Gasteiger charge is 2.23. The average Bonchev–Trinajstić information content (AvgIpc) is 2.49. The highest BCUT2D eigenvalue weighted by atomic mass is 16.2. The summed E-state index contributed by atoms with van der Waals surface area (Å²) in [7, 11) is 0. The number of anilines is 1. The third-order valence-corrected chi connectivity index (χ3v) is 4.43. The third kappa shape index (κ3) is 4.82. The van der Waals surface area contributed by atoms with Crippen molar-refractivity contribution < 1.29 is 4.79 Å². The molecular weight excluding hydrogens is 274 g/mol. The Balaban J connectivity index is 1.92. The monoisotopic (exact) mass is 303 g/mol. The Morgan fingerprint density at radius 2 is 2.23 bits per heavy atom. The third-order valence-electron chi connectivity index (χ3n) is 4.43. The topological polar surface area (TPSA) is 58.4 Å². The van der Waals surface area contributed by atoms with E-state index in [-0.39, 0.29) is 5.91 Å². The van der Waals surface area contributed by atoms with Crippen molar-refractivity contribution in [3.05, 3.63) is 29.8 Å². The zero-order valence-corrected chi connectivity index (χ0v) is 13.8. The van der Waals surface area contributed by atoms with Crippen molar-refractivity contribution in [3.63, 3.8) is 0 Å². The van der Waals surface area contributed by atoms with E-state index in [2.05, 4.69) is 36.2 Å². The molecule has 1 aromatic rings. The lowest BCUT2D eigenvalue weighted by molar-refractivity contribution is -0.118. The van der Waals surface area contributed by atoms with Gasteiger partial charge >= 0.3 is 0 Å². The van der Waals surface area contributed by atoms with Crippen LogP contribution in [0.2, 0.25) is 0 Å². The molecule has 3 N–H and O–H groups in total. The second-order valence-electron chi connectivity index (χ2n) is 6.53. The van der Waals surface area contributed by atoms with Gasteiger partial charge in [-0.25, -0.2) is 0 Å². The van der Waals surface area contributed by atoms with Gasteiger partial charge in [0.25, 0.3) is 0 Å². The van der Waals surface area contributed by atoms with E-state index < -0.39 is 0 Å². The molecule has 1 unspecified atom stereocenters. The first-order valence-electron chi connectivity index (χ1n) is 8.44. The fourth-order valence-corrected chi connectivity index (χ4v) is 3.15. The smallest absolute Gasteiger partial charge is 0.238 e. The summed E-state index contributed by atoms with van der Waals surface area (Å²) in [5, 5.41) is 3.04. The molecule has 122 valence electrons. The van der Waals surface area contributed by atoms with Crippen LogP contribution in [0.5, 0.6) is 0 Å². The summed E-state index contributed by atoms with van der Waals surface area (Å²) in [6.07, 6.45) is 4.57. The number of carbonyl (C=O) groups excluding carboxylic acids is 1. The lowest BCUT2D eigenvalue weighted by atomic mass is 9.99. The van der Waals surface area contributed by atoms with Crippen molar-refractivity contribution in [1.29, 1.82) is 0 Å². The van der Waals surface area contributed by atoms with E-state index >= 15 is 0 Å². The number of benzene rings is 1. The molecule has 4 nitrogen and oxygen atoms in total. The highest BCUT2D eigenvalue weighted by molar-refractivity contribution is 5.92. The summed E-state index contributed by atoms with van der Waals surface area (Å²) in [4.78, 5) is 14.6. The van der Waals surface area contributed by atoms with E-state index in [1.54, 1.807) is 0 Å². The number of rotatable bonds is 6. The average molecular weight is 303 g/mol. The minimum atomic E-state index is 0.0739. The van der Waals surface area contributed by atoms with Gasteiger partial charge in [0.2, 0.25) is 5.91 Å². The molecule has 1 amide bonds. The first kappa shape index (κ1) is 17.0. The number of hydrogen-bond donors (Lipinski definition) is 2. The summed E-state index contributed by atoms with van der Waals surface area (Å²) < 4.78 is 0. The van der Waals surface area contributed by atoms with Crippen LogP contribution in [0, 0.1) is 0 Å². The number of likely N-dealkylation sites (tertiary alicyclic amines) is 1. The van der Waals surface area contributed by atoms with Crippen molar-refractivity contribution in [1.82, 2.24) is 4.90 Å². The minimum absolute atomic E-state index is 0.0739. The largest absolute Gasteiger partial charge is 0.330 e. The van der Waals surface area contributed by atoms with Crippen LogP contribution in [-0.4, -0.2) is 36.5 Å². The molecule has 0 aliphatic carbocycles. The van der Waals surface area contributed by atoms with Crippen molar-refractivity contribution in [2.75, 3.05) is 25.0 Å². The summed E-state index contributed by atoms with van der Waals surface area (Å²) in [5.41, 5.74) is 7.83. The molecule has 1 atom stereocenters. The first-order valence-corrected chi connectivity index (χ1v) is 8.44. The molecule has 1 aromatic carbocycles. The van der Waals surface area contributed by atoms with Crippen LogP contribution >= 0.6 is 0 Å². The second-order valence-corrected chi connectivity index (χ2v) is 6.53. The predicted molar refractivity (Wildman–Crippen MR) is 92.0 cm³/mol. The van der Waals surface area contributed by atoms with Gasteiger partial charge in [-0.15, -0.1) is 0 Å². The van der Waals surface area contributed by atoms with Gasteiger partial charge in [-0.2, -0.15) is 0 Å². The molecule has 1 aliphatic heterocycles. The molecule has 1 heterocycles. The van der Waals surface area contributed by atoms with Crippen LogP contribution < -0.4 is 11.1 Å². The quantitative estimate of drug-likeness (QED) is 0.849. The molecule has 0 aromatic heterocycles. The van der Waals surface area contributed by atoms with E-state index in [9.17, 15) is 4.79 Å². The Hall–Kier alpha value is -1.39. The molecule has 1 aliphatic rings. The molecule has 1 saturated heterocycles. The van der Waals surface area contributed by atoms with Gasteiger partial charge in [-0.1, -0.05) is 32.4 Å². The van der Waals surface area contributed by atoms with Gasteiger partial charge in [0.05, 0.1) is 6.54 Å². The number of carbonyl (C=O) groups is 1. The number of nitrogens with one attached hydrogen (secondary N) is 1. The Morgan fingerprint density at radius 1 is 1.41 bits per heavy atom. The molecular formula is C18H29N3O. The number of hydrogen-bond acceptors (Lipinski definition) is 3. The number of piperidine rings is 1. The van der Waals surface area contributed by atoms with Crippen molar-refractivity contribution in [3.8, 4) is 0 Å². The van der Waals surface area contributed by atoms with Crippen LogP contribution in [0.4, 0.5) is 5.69 Å². The van der Waals surface area contributed by atoms with Gasteiger partial charge in [0, 0.05) is 11.7 Å². The molecule has 22 heavy (non-hydrogen) atoms. The SMILES string of the molecule is CC(C)c1cccc(NC(=O)CN2CCCCC2CCN)c1. The molecule has 0 spiro atoms. The molecule has 4 heteroatoms. The fraction of sp³-hybridized carbons (Fsp3) is 0.611. The molecule has 2 rings (SSSR count). The molecule has 0 radical (unpaired) electrons. The van der Waals surface area contributed by atoms with E-state index in [0.717, 1.165) is 25.1 Å². The zero-order valence-electron chi connectivity index (χ0n) is 13.8. The second kappa shape index (κ2) is 8.30. The maximum Gasteiger partial charge on any atom is 0.238 e. The van der Waals surface area contributed by atoms with E-state index in [1.165, 1.54) is 18.4 Å². The summed E-state index contributed by atoms with van der Waals surface area (Å²) in [5.74, 6) is 0.540. The lowest BCUT2D eigenvalue weighted by Crippen LogP contribution is -2.44.